The lowest BCUT2D eigenvalue weighted by Gasteiger charge is -2.36. The van der Waals surface area contributed by atoms with E-state index in [0.29, 0.717) is 6.54 Å². The largest absolute Gasteiger partial charge is 0.389 e. The molecule has 1 aromatic heterocycles. The Morgan fingerprint density at radius 2 is 1.91 bits per heavy atom. The lowest BCUT2D eigenvalue weighted by molar-refractivity contribution is 0.0886. The molecule has 1 aliphatic heterocycles. The van der Waals surface area contributed by atoms with Gasteiger partial charge in [-0.3, -0.25) is 4.98 Å². The number of benzene rings is 1. The molecule has 0 fully saturated rings. The first kappa shape index (κ1) is 14.8. The van der Waals surface area contributed by atoms with Gasteiger partial charge in [0.2, 0.25) is 0 Å². The van der Waals surface area contributed by atoms with Crippen molar-refractivity contribution in [3.63, 3.8) is 0 Å². The Hall–Kier alpha value is -2.13. The molecule has 0 saturated heterocycles. The van der Waals surface area contributed by atoms with Crippen LogP contribution in [0.25, 0.3) is 0 Å². The molecule has 1 aromatic carbocycles. The van der Waals surface area contributed by atoms with E-state index in [2.05, 4.69) is 46.3 Å². The number of pyridine rings is 1. The molecule has 0 saturated carbocycles. The van der Waals surface area contributed by atoms with Crippen molar-refractivity contribution in [2.45, 2.75) is 32.3 Å². The van der Waals surface area contributed by atoms with Crippen molar-refractivity contribution in [1.82, 2.24) is 4.98 Å². The van der Waals surface area contributed by atoms with Crippen molar-refractivity contribution >= 4 is 5.69 Å². The van der Waals surface area contributed by atoms with Gasteiger partial charge in [0.25, 0.3) is 0 Å². The topological polar surface area (TPSA) is 36.4 Å². The van der Waals surface area contributed by atoms with Crippen LogP contribution in [0, 0.1) is 0 Å². The van der Waals surface area contributed by atoms with E-state index >= 15 is 0 Å². The Kier molecular flexibility index (Phi) is 3.99. The van der Waals surface area contributed by atoms with Gasteiger partial charge in [-0.1, -0.05) is 36.4 Å². The number of fused-ring (bicyclic) bond motifs is 1. The maximum Gasteiger partial charge on any atom is 0.0770 e. The van der Waals surface area contributed by atoms with Crippen LogP contribution in [-0.4, -0.2) is 22.2 Å². The van der Waals surface area contributed by atoms with Gasteiger partial charge in [-0.15, -0.1) is 0 Å². The number of aromatic nitrogens is 1. The first-order chi connectivity index (χ1) is 10.5. The summed E-state index contributed by atoms with van der Waals surface area (Å²) in [5.74, 6) is 0. The summed E-state index contributed by atoms with van der Waals surface area (Å²) >= 11 is 0. The Morgan fingerprint density at radius 3 is 2.64 bits per heavy atom. The summed E-state index contributed by atoms with van der Waals surface area (Å²) in [5, 5.41) is 10.3. The number of anilines is 1. The molecule has 0 aliphatic carbocycles. The Morgan fingerprint density at radius 1 is 1.14 bits per heavy atom. The monoisotopic (exact) mass is 294 g/mol. The van der Waals surface area contributed by atoms with E-state index in [9.17, 15) is 5.11 Å². The van der Waals surface area contributed by atoms with Gasteiger partial charge in [-0.2, -0.15) is 0 Å². The molecule has 1 aliphatic rings. The standard InChI is InChI=1S/C19H22N2O/c1-19(2,22)14-21-16(13-15-7-4-3-5-8-15)10-11-17-18(21)9-6-12-20-17/h3-10,12,22H,11,13-14H2,1-2H3. The molecule has 0 spiro atoms. The molecule has 3 rings (SSSR count). The number of rotatable bonds is 4. The highest BCUT2D eigenvalue weighted by Crippen LogP contribution is 2.31. The van der Waals surface area contributed by atoms with E-state index in [1.54, 1.807) is 0 Å². The molecule has 0 amide bonds. The van der Waals surface area contributed by atoms with Crippen molar-refractivity contribution in [1.29, 1.82) is 0 Å². The highest BCUT2D eigenvalue weighted by molar-refractivity contribution is 5.59. The fourth-order valence-corrected chi connectivity index (χ4v) is 2.86. The van der Waals surface area contributed by atoms with Crippen molar-refractivity contribution < 1.29 is 5.11 Å². The third-order valence-electron chi connectivity index (χ3n) is 3.81. The van der Waals surface area contributed by atoms with Crippen molar-refractivity contribution in [2.24, 2.45) is 0 Å². The number of aliphatic hydroxyl groups is 1. The van der Waals surface area contributed by atoms with Crippen LogP contribution in [0.2, 0.25) is 0 Å². The first-order valence-corrected chi connectivity index (χ1v) is 7.70. The van der Waals surface area contributed by atoms with E-state index in [4.69, 9.17) is 0 Å². The Bertz CT molecular complexity index is 671. The predicted octanol–water partition coefficient (Wildman–Crippen LogP) is 3.34. The molecule has 1 N–H and O–H groups in total. The zero-order valence-electron chi connectivity index (χ0n) is 13.2. The first-order valence-electron chi connectivity index (χ1n) is 7.70. The summed E-state index contributed by atoms with van der Waals surface area (Å²) in [6.45, 7) is 4.25. The molecule has 3 heteroatoms. The molecule has 2 heterocycles. The minimum Gasteiger partial charge on any atom is -0.389 e. The van der Waals surface area contributed by atoms with Gasteiger partial charge < -0.3 is 10.0 Å². The zero-order valence-corrected chi connectivity index (χ0v) is 13.2. The van der Waals surface area contributed by atoms with Crippen LogP contribution < -0.4 is 4.90 Å². The van der Waals surface area contributed by atoms with E-state index in [1.165, 1.54) is 11.3 Å². The SMILES string of the molecule is CC(C)(O)CN1C(Cc2ccccc2)=CCc2ncccc21. The van der Waals surface area contributed by atoms with Crippen LogP contribution in [-0.2, 0) is 12.8 Å². The average Bonchev–Trinajstić information content (AvgIpc) is 2.49. The van der Waals surface area contributed by atoms with Gasteiger partial charge in [0.1, 0.15) is 0 Å². The van der Waals surface area contributed by atoms with Crippen LogP contribution in [0.1, 0.15) is 25.1 Å². The molecule has 0 bridgehead atoms. The van der Waals surface area contributed by atoms with Crippen molar-refractivity contribution in [3.05, 3.63) is 71.7 Å². The molecule has 22 heavy (non-hydrogen) atoms. The lowest BCUT2D eigenvalue weighted by atomic mass is 10.00. The van der Waals surface area contributed by atoms with Crippen molar-refractivity contribution in [2.75, 3.05) is 11.4 Å². The zero-order chi connectivity index (χ0) is 15.6. The van der Waals surface area contributed by atoms with Gasteiger partial charge in [0.15, 0.2) is 0 Å². The number of hydrogen-bond acceptors (Lipinski definition) is 3. The van der Waals surface area contributed by atoms with Gasteiger partial charge in [-0.25, -0.2) is 0 Å². The number of hydrogen-bond donors (Lipinski definition) is 1. The minimum atomic E-state index is -0.764. The number of β-amino-alcohol motifs (C(OH)–C–C–N with tert-alkyl or cyclic N) is 1. The predicted molar refractivity (Wildman–Crippen MR) is 89.8 cm³/mol. The summed E-state index contributed by atoms with van der Waals surface area (Å²) in [7, 11) is 0. The van der Waals surface area contributed by atoms with E-state index < -0.39 is 5.60 Å². The maximum absolute atomic E-state index is 10.3. The van der Waals surface area contributed by atoms with Crippen LogP contribution in [0.5, 0.6) is 0 Å². The molecule has 114 valence electrons. The summed E-state index contributed by atoms with van der Waals surface area (Å²) in [4.78, 5) is 6.68. The second-order valence-electron chi connectivity index (χ2n) is 6.43. The average molecular weight is 294 g/mol. The highest BCUT2D eigenvalue weighted by Gasteiger charge is 2.26. The van der Waals surface area contributed by atoms with E-state index in [1.807, 2.05) is 32.2 Å². The highest BCUT2D eigenvalue weighted by atomic mass is 16.3. The number of allylic oxidation sites excluding steroid dienone is 2. The Labute approximate surface area is 131 Å². The number of nitrogens with zero attached hydrogens (tertiary/aromatic N) is 2. The van der Waals surface area contributed by atoms with E-state index in [0.717, 1.165) is 24.2 Å². The van der Waals surface area contributed by atoms with Gasteiger partial charge in [0, 0.05) is 24.7 Å². The molecule has 2 aromatic rings. The van der Waals surface area contributed by atoms with Crippen LogP contribution in [0.3, 0.4) is 0 Å². The van der Waals surface area contributed by atoms with Crippen LogP contribution >= 0.6 is 0 Å². The molecule has 0 atom stereocenters. The summed E-state index contributed by atoms with van der Waals surface area (Å²) in [5.41, 5.74) is 3.93. The van der Waals surface area contributed by atoms with Gasteiger partial charge in [0.05, 0.1) is 23.5 Å². The quantitative estimate of drug-likeness (QED) is 0.939. The third kappa shape index (κ3) is 3.37. The maximum atomic E-state index is 10.3. The molecule has 0 radical (unpaired) electrons. The normalized spacial score (nSPS) is 14.5. The van der Waals surface area contributed by atoms with Crippen LogP contribution in [0.4, 0.5) is 5.69 Å². The summed E-state index contributed by atoms with van der Waals surface area (Å²) < 4.78 is 0. The van der Waals surface area contributed by atoms with Gasteiger partial charge in [-0.05, 0) is 31.5 Å². The summed E-state index contributed by atoms with van der Waals surface area (Å²) in [6.07, 6.45) is 5.77. The Balaban J connectivity index is 1.93. The lowest BCUT2D eigenvalue weighted by Crippen LogP contribution is -2.40. The molecule has 3 nitrogen and oxygen atoms in total. The van der Waals surface area contributed by atoms with Crippen molar-refractivity contribution in [3.8, 4) is 0 Å². The molecular weight excluding hydrogens is 272 g/mol. The van der Waals surface area contributed by atoms with Gasteiger partial charge >= 0.3 is 0 Å². The summed E-state index contributed by atoms with van der Waals surface area (Å²) in [6, 6.07) is 14.5. The molecule has 0 unspecified atom stereocenters. The van der Waals surface area contributed by atoms with Crippen LogP contribution in [0.15, 0.2) is 60.4 Å². The minimum absolute atomic E-state index is 0.560. The second kappa shape index (κ2) is 5.93. The molecular formula is C19H22N2O. The smallest absolute Gasteiger partial charge is 0.0770 e. The third-order valence-corrected chi connectivity index (χ3v) is 3.81. The fourth-order valence-electron chi connectivity index (χ4n) is 2.86. The van der Waals surface area contributed by atoms with E-state index in [-0.39, 0.29) is 0 Å². The fraction of sp³-hybridized carbons (Fsp3) is 0.316. The second-order valence-corrected chi connectivity index (χ2v) is 6.43.